The second kappa shape index (κ2) is 12.8. The summed E-state index contributed by atoms with van der Waals surface area (Å²) in [5, 5.41) is 0. The molecular formula is C38H42F3N5O3S. The van der Waals surface area contributed by atoms with Gasteiger partial charge < -0.3 is 9.47 Å². The molecule has 4 fully saturated rings. The van der Waals surface area contributed by atoms with E-state index in [1.54, 1.807) is 12.1 Å². The first-order valence-corrected chi connectivity index (χ1v) is 19.3. The maximum absolute atomic E-state index is 15.6. The Morgan fingerprint density at radius 1 is 0.920 bits per heavy atom. The van der Waals surface area contributed by atoms with Crippen LogP contribution in [0.25, 0.3) is 11.0 Å². The number of carbonyl (C=O) groups is 1. The van der Waals surface area contributed by atoms with E-state index in [4.69, 9.17) is 4.98 Å². The Labute approximate surface area is 290 Å². The molecule has 0 spiro atoms. The zero-order valence-electron chi connectivity index (χ0n) is 28.1. The van der Waals surface area contributed by atoms with Crippen molar-refractivity contribution in [2.75, 3.05) is 19.6 Å². The number of aromatic nitrogens is 2. The van der Waals surface area contributed by atoms with E-state index in [0.717, 1.165) is 67.7 Å². The van der Waals surface area contributed by atoms with E-state index < -0.39 is 43.4 Å². The minimum absolute atomic E-state index is 0.202. The summed E-state index contributed by atoms with van der Waals surface area (Å²) < 4.78 is 75.7. The lowest BCUT2D eigenvalue weighted by Gasteiger charge is -2.45. The molecule has 3 aromatic carbocycles. The Morgan fingerprint density at radius 3 is 2.34 bits per heavy atom. The number of nitrogens with zero attached hydrogens (tertiary/aromatic N) is 4. The van der Waals surface area contributed by atoms with Gasteiger partial charge in [0, 0.05) is 37.3 Å². The second-order valence-electron chi connectivity index (χ2n) is 14.7. The molecule has 2 unspecified atom stereocenters. The predicted octanol–water partition coefficient (Wildman–Crippen LogP) is 6.63. The number of para-hydroxylation sites is 2. The molecule has 8 rings (SSSR count). The number of amides is 1. The average molecular weight is 706 g/mol. The van der Waals surface area contributed by atoms with Crippen molar-refractivity contribution in [2.24, 2.45) is 0 Å². The molecule has 1 saturated carbocycles. The molecule has 3 aliphatic heterocycles. The number of hydrogen-bond donors (Lipinski definition) is 1. The number of carbonyl (C=O) groups excluding carboxylic acids is 1. The number of rotatable bonds is 9. The van der Waals surface area contributed by atoms with Crippen molar-refractivity contribution in [2.45, 2.75) is 99.2 Å². The van der Waals surface area contributed by atoms with Crippen molar-refractivity contribution in [1.29, 1.82) is 0 Å². The van der Waals surface area contributed by atoms with E-state index in [0.29, 0.717) is 43.8 Å². The highest BCUT2D eigenvalue weighted by atomic mass is 32.2. The predicted molar refractivity (Wildman–Crippen MR) is 184 cm³/mol. The van der Waals surface area contributed by atoms with E-state index in [-0.39, 0.29) is 24.9 Å². The number of halogens is 3. The number of fused-ring (bicyclic) bond motifs is 3. The normalized spacial score (nSPS) is 23.8. The lowest BCUT2D eigenvalue weighted by molar-refractivity contribution is 0.0598. The molecule has 2 bridgehead atoms. The molecule has 4 heterocycles. The first kappa shape index (κ1) is 33.4. The lowest BCUT2D eigenvalue weighted by Crippen LogP contribution is -2.49. The fraction of sp³-hybridized carbons (Fsp3) is 0.474. The smallest absolute Gasteiger partial charge is 0.259 e. The average Bonchev–Trinajstić information content (AvgIpc) is 3.78. The summed E-state index contributed by atoms with van der Waals surface area (Å²) in [4.78, 5) is 21.8. The third kappa shape index (κ3) is 6.02. The van der Waals surface area contributed by atoms with Gasteiger partial charge in [0.1, 0.15) is 27.9 Å². The first-order chi connectivity index (χ1) is 24.0. The van der Waals surface area contributed by atoms with Crippen LogP contribution in [0.4, 0.5) is 13.2 Å². The highest BCUT2D eigenvalue weighted by Crippen LogP contribution is 2.45. The molecule has 4 aromatic rings. The Kier molecular flexibility index (Phi) is 8.55. The molecule has 2 atom stereocenters. The van der Waals surface area contributed by atoms with Gasteiger partial charge in [0.15, 0.2) is 5.82 Å². The third-order valence-corrected chi connectivity index (χ3v) is 13.3. The van der Waals surface area contributed by atoms with Gasteiger partial charge in [-0.2, -0.15) is 0 Å². The van der Waals surface area contributed by atoms with Crippen LogP contribution in [0, 0.1) is 24.4 Å². The van der Waals surface area contributed by atoms with Crippen LogP contribution in [0.15, 0.2) is 65.6 Å². The summed E-state index contributed by atoms with van der Waals surface area (Å²) in [5.74, 6) is -2.64. The number of piperidine rings is 2. The largest absolute Gasteiger partial charge is 0.338 e. The highest BCUT2D eigenvalue weighted by molar-refractivity contribution is 7.89. The van der Waals surface area contributed by atoms with Crippen LogP contribution in [0.2, 0.25) is 0 Å². The fourth-order valence-corrected chi connectivity index (χ4v) is 10.4. The number of imidazole rings is 1. The van der Waals surface area contributed by atoms with E-state index in [9.17, 15) is 17.6 Å². The summed E-state index contributed by atoms with van der Waals surface area (Å²) >= 11 is 0. The molecule has 3 saturated heterocycles. The van der Waals surface area contributed by atoms with Crippen LogP contribution in [-0.4, -0.2) is 71.4 Å². The monoisotopic (exact) mass is 705 g/mol. The van der Waals surface area contributed by atoms with Crippen LogP contribution in [0.5, 0.6) is 0 Å². The minimum atomic E-state index is -4.25. The molecule has 264 valence electrons. The number of likely N-dealkylation sites (tertiary alicyclic amines) is 1. The van der Waals surface area contributed by atoms with E-state index in [2.05, 4.69) is 39.3 Å². The Morgan fingerprint density at radius 2 is 1.64 bits per heavy atom. The Hall–Kier alpha value is -3.74. The van der Waals surface area contributed by atoms with Gasteiger partial charge in [-0.25, -0.2) is 31.3 Å². The fourth-order valence-electron chi connectivity index (χ4n) is 9.01. The molecule has 8 nitrogen and oxygen atoms in total. The number of nitrogens with one attached hydrogen (secondary N) is 1. The number of hydrogen-bond acceptors (Lipinski definition) is 5. The second-order valence-corrected chi connectivity index (χ2v) is 16.4. The molecule has 1 aromatic heterocycles. The molecule has 12 heteroatoms. The van der Waals surface area contributed by atoms with Gasteiger partial charge in [-0.1, -0.05) is 24.3 Å². The third-order valence-electron chi connectivity index (χ3n) is 11.7. The van der Waals surface area contributed by atoms with Crippen LogP contribution >= 0.6 is 0 Å². The van der Waals surface area contributed by atoms with Crippen molar-refractivity contribution in [1.82, 2.24) is 24.1 Å². The number of sulfonamides is 1. The maximum atomic E-state index is 15.6. The zero-order valence-corrected chi connectivity index (χ0v) is 28.9. The first-order valence-electron chi connectivity index (χ1n) is 17.8. The van der Waals surface area contributed by atoms with Crippen LogP contribution in [0.1, 0.15) is 85.6 Å². The van der Waals surface area contributed by atoms with Crippen molar-refractivity contribution in [3.05, 3.63) is 95.1 Å². The van der Waals surface area contributed by atoms with Gasteiger partial charge >= 0.3 is 0 Å². The molecule has 1 N–H and O–H groups in total. The number of aryl methyl sites for hydroxylation is 1. The highest BCUT2D eigenvalue weighted by Gasteiger charge is 2.45. The molecule has 4 aliphatic rings. The van der Waals surface area contributed by atoms with Gasteiger partial charge in [0.05, 0.1) is 11.0 Å². The van der Waals surface area contributed by atoms with Crippen molar-refractivity contribution in [3.8, 4) is 0 Å². The van der Waals surface area contributed by atoms with Crippen LogP contribution in [0.3, 0.4) is 0 Å². The topological polar surface area (TPSA) is 87.5 Å². The van der Waals surface area contributed by atoms with Crippen molar-refractivity contribution < 1.29 is 26.4 Å². The van der Waals surface area contributed by atoms with Gasteiger partial charge in [-0.05, 0) is 119 Å². The molecule has 1 aliphatic carbocycles. The maximum Gasteiger partial charge on any atom is 0.259 e. The Balaban J connectivity index is 0.997. The van der Waals surface area contributed by atoms with E-state index in [1.165, 1.54) is 16.5 Å². The molecule has 50 heavy (non-hydrogen) atoms. The van der Waals surface area contributed by atoms with Crippen LogP contribution < -0.4 is 4.72 Å². The molecule has 1 amide bonds. The minimum Gasteiger partial charge on any atom is -0.338 e. The van der Waals surface area contributed by atoms with Gasteiger partial charge in [-0.3, -0.25) is 9.69 Å². The van der Waals surface area contributed by atoms with Crippen LogP contribution in [-0.2, 0) is 15.4 Å². The van der Waals surface area contributed by atoms with Gasteiger partial charge in [-0.15, -0.1) is 0 Å². The zero-order chi connectivity index (χ0) is 34.8. The van der Waals surface area contributed by atoms with Crippen molar-refractivity contribution in [3.63, 3.8) is 0 Å². The Bertz CT molecular complexity index is 2040. The van der Waals surface area contributed by atoms with E-state index in [1.807, 2.05) is 12.1 Å². The molecule has 0 radical (unpaired) electrons. The van der Waals surface area contributed by atoms with Gasteiger partial charge in [0.25, 0.3) is 5.91 Å². The van der Waals surface area contributed by atoms with Gasteiger partial charge in [0.2, 0.25) is 10.0 Å². The molecular weight excluding hydrogens is 664 g/mol. The SMILES string of the molecule is Cc1nc2ccccc2n1C1CC2CCC(C1)N2CCC1(c2cccc(F)c2)CCN(C(=O)c2c(F)ccc(S(=O)(=O)NC3CC3)c2F)CC1. The number of benzene rings is 3. The van der Waals surface area contributed by atoms with E-state index >= 15 is 8.78 Å². The summed E-state index contributed by atoms with van der Waals surface area (Å²) in [6, 6.07) is 17.6. The quantitative estimate of drug-likeness (QED) is 0.211. The van der Waals surface area contributed by atoms with Crippen molar-refractivity contribution >= 4 is 27.0 Å². The summed E-state index contributed by atoms with van der Waals surface area (Å²) in [6.45, 7) is 3.32. The summed E-state index contributed by atoms with van der Waals surface area (Å²) in [5.41, 5.74) is 1.77. The summed E-state index contributed by atoms with van der Waals surface area (Å²) in [6.07, 6.45) is 7.36. The lowest BCUT2D eigenvalue weighted by atomic mass is 9.70. The summed E-state index contributed by atoms with van der Waals surface area (Å²) in [7, 11) is -4.25. The standard InChI is InChI=1S/C38H42F3N5O3S/c1-24-42-32-7-2-3-8-33(32)46(24)30-22-28-11-12-29(23-30)45(28)20-17-38(25-5-4-6-26(39)21-25)15-18-44(19-16-38)37(47)35-31(40)13-14-34(36(35)41)50(48,49)43-27-9-10-27/h2-8,13-14,21,27-30,43H,9-12,15-20,22-23H2,1H3.